The van der Waals surface area contributed by atoms with Crippen LogP contribution in [-0.4, -0.2) is 35.6 Å². The predicted octanol–water partition coefficient (Wildman–Crippen LogP) is 2.99. The molecule has 1 aliphatic rings. The van der Waals surface area contributed by atoms with Crippen molar-refractivity contribution in [1.29, 1.82) is 0 Å². The van der Waals surface area contributed by atoms with Crippen LogP contribution in [0.1, 0.15) is 26.7 Å². The molecule has 1 atom stereocenters. The highest BCUT2D eigenvalue weighted by Gasteiger charge is 2.31. The van der Waals surface area contributed by atoms with Gasteiger partial charge in [0, 0.05) is 13.0 Å². The molecule has 0 aliphatic heterocycles. The number of benzene rings is 1. The molecule has 6 heteroatoms. The average Bonchev–Trinajstić information content (AvgIpc) is 2.88. The number of carbonyl (C=O) groups excluding carboxylic acids is 1. The normalized spacial score (nSPS) is 21.7. The Kier molecular flexibility index (Phi) is 5.13. The van der Waals surface area contributed by atoms with Crippen molar-refractivity contribution in [1.82, 2.24) is 9.69 Å². The summed E-state index contributed by atoms with van der Waals surface area (Å²) >= 11 is 1.47. The molecular weight excluding hydrogens is 312 g/mol. The van der Waals surface area contributed by atoms with Crippen LogP contribution in [0.25, 0.3) is 10.1 Å². The van der Waals surface area contributed by atoms with Gasteiger partial charge < -0.3 is 14.8 Å². The van der Waals surface area contributed by atoms with Crippen molar-refractivity contribution in [2.75, 3.05) is 13.2 Å². The van der Waals surface area contributed by atoms with Gasteiger partial charge in [-0.2, -0.15) is 4.37 Å². The average molecular weight is 334 g/mol. The molecule has 1 aromatic heterocycles. The molecule has 0 saturated heterocycles. The summed E-state index contributed by atoms with van der Waals surface area (Å²) in [6.07, 6.45) is 2.30. The lowest BCUT2D eigenvalue weighted by Crippen LogP contribution is -2.40. The molecule has 0 spiro atoms. The Labute approximate surface area is 140 Å². The fourth-order valence-corrected chi connectivity index (χ4v) is 3.50. The summed E-state index contributed by atoms with van der Waals surface area (Å²) in [6, 6.07) is 8.19. The second-order valence-electron chi connectivity index (χ2n) is 6.19. The summed E-state index contributed by atoms with van der Waals surface area (Å²) in [7, 11) is 0. The lowest BCUT2D eigenvalue weighted by atomic mass is 9.83. The number of nitrogens with one attached hydrogen (secondary N) is 1. The number of rotatable bonds is 7. The molecule has 0 radical (unpaired) electrons. The SMILES string of the molecule is CC(=O)N[C@@H](C)CO[C@H]1C[C@H](COc2nsc3ccccc23)C1. The first-order chi connectivity index (χ1) is 11.1. The Morgan fingerprint density at radius 1 is 1.43 bits per heavy atom. The number of nitrogens with zero attached hydrogens (tertiary/aromatic N) is 1. The van der Waals surface area contributed by atoms with E-state index in [0.29, 0.717) is 19.1 Å². The smallest absolute Gasteiger partial charge is 0.233 e. The van der Waals surface area contributed by atoms with Gasteiger partial charge in [-0.25, -0.2) is 0 Å². The molecule has 1 amide bonds. The quantitative estimate of drug-likeness (QED) is 0.845. The Morgan fingerprint density at radius 2 is 2.22 bits per heavy atom. The van der Waals surface area contributed by atoms with Crippen LogP contribution in [0.5, 0.6) is 5.88 Å². The molecule has 1 heterocycles. The maximum atomic E-state index is 10.9. The van der Waals surface area contributed by atoms with Crippen LogP contribution < -0.4 is 10.1 Å². The van der Waals surface area contributed by atoms with Gasteiger partial charge in [0.15, 0.2) is 0 Å². The molecular formula is C17H22N2O3S. The van der Waals surface area contributed by atoms with Gasteiger partial charge in [-0.1, -0.05) is 12.1 Å². The molecule has 0 unspecified atom stereocenters. The van der Waals surface area contributed by atoms with E-state index in [2.05, 4.69) is 15.8 Å². The van der Waals surface area contributed by atoms with Crippen molar-refractivity contribution in [3.05, 3.63) is 24.3 Å². The zero-order chi connectivity index (χ0) is 16.2. The number of hydrogen-bond donors (Lipinski definition) is 1. The predicted molar refractivity (Wildman–Crippen MR) is 90.9 cm³/mol. The molecule has 3 rings (SSSR count). The molecule has 2 aromatic rings. The summed E-state index contributed by atoms with van der Waals surface area (Å²) in [5, 5.41) is 3.91. The van der Waals surface area contributed by atoms with E-state index in [9.17, 15) is 4.79 Å². The van der Waals surface area contributed by atoms with Crippen molar-refractivity contribution in [2.24, 2.45) is 5.92 Å². The first-order valence-corrected chi connectivity index (χ1v) is 8.75. The third-order valence-electron chi connectivity index (χ3n) is 4.02. The number of carbonyl (C=O) groups is 1. The molecule has 124 valence electrons. The summed E-state index contributed by atoms with van der Waals surface area (Å²) in [4.78, 5) is 10.9. The van der Waals surface area contributed by atoms with Crippen LogP contribution in [0, 0.1) is 5.92 Å². The lowest BCUT2D eigenvalue weighted by Gasteiger charge is -2.35. The minimum absolute atomic E-state index is 0.0172. The zero-order valence-electron chi connectivity index (χ0n) is 13.5. The number of hydrogen-bond acceptors (Lipinski definition) is 5. The van der Waals surface area contributed by atoms with Crippen LogP contribution in [-0.2, 0) is 9.53 Å². The minimum atomic E-state index is -0.0172. The van der Waals surface area contributed by atoms with E-state index in [4.69, 9.17) is 9.47 Å². The zero-order valence-corrected chi connectivity index (χ0v) is 14.3. The van der Waals surface area contributed by atoms with E-state index >= 15 is 0 Å². The molecule has 1 aliphatic carbocycles. The van der Waals surface area contributed by atoms with E-state index in [0.717, 1.165) is 28.8 Å². The van der Waals surface area contributed by atoms with E-state index in [1.807, 2.05) is 25.1 Å². The molecule has 1 fully saturated rings. The Bertz CT molecular complexity index is 667. The maximum Gasteiger partial charge on any atom is 0.233 e. The Morgan fingerprint density at radius 3 is 3.00 bits per heavy atom. The van der Waals surface area contributed by atoms with Crippen molar-refractivity contribution < 1.29 is 14.3 Å². The minimum Gasteiger partial charge on any atom is -0.476 e. The van der Waals surface area contributed by atoms with Gasteiger partial charge in [-0.05, 0) is 49.3 Å². The fraction of sp³-hybridized carbons (Fsp3) is 0.529. The maximum absolute atomic E-state index is 10.9. The topological polar surface area (TPSA) is 60.5 Å². The summed E-state index contributed by atoms with van der Waals surface area (Å²) in [5.41, 5.74) is 0. The van der Waals surface area contributed by atoms with Crippen LogP contribution >= 0.6 is 11.5 Å². The molecule has 5 nitrogen and oxygen atoms in total. The van der Waals surface area contributed by atoms with E-state index in [-0.39, 0.29) is 18.1 Å². The highest BCUT2D eigenvalue weighted by Crippen LogP contribution is 2.33. The molecule has 1 saturated carbocycles. The first kappa shape index (κ1) is 16.2. The van der Waals surface area contributed by atoms with Crippen LogP contribution in [0.2, 0.25) is 0 Å². The highest BCUT2D eigenvalue weighted by molar-refractivity contribution is 7.13. The van der Waals surface area contributed by atoms with Gasteiger partial charge in [0.05, 0.1) is 29.4 Å². The number of amides is 1. The number of fused-ring (bicyclic) bond motifs is 1. The monoisotopic (exact) mass is 334 g/mol. The summed E-state index contributed by atoms with van der Waals surface area (Å²) < 4.78 is 17.2. The van der Waals surface area contributed by atoms with E-state index in [1.54, 1.807) is 0 Å². The molecule has 23 heavy (non-hydrogen) atoms. The van der Waals surface area contributed by atoms with Gasteiger partial charge in [0.1, 0.15) is 0 Å². The number of ether oxygens (including phenoxy) is 2. The van der Waals surface area contributed by atoms with E-state index in [1.165, 1.54) is 18.5 Å². The molecule has 1 N–H and O–H groups in total. The number of aromatic nitrogens is 1. The summed E-state index contributed by atoms with van der Waals surface area (Å²) in [6.45, 7) is 4.73. The van der Waals surface area contributed by atoms with Crippen molar-refractivity contribution in [3.8, 4) is 5.88 Å². The van der Waals surface area contributed by atoms with Gasteiger partial charge in [0.2, 0.25) is 11.8 Å². The van der Waals surface area contributed by atoms with Gasteiger partial charge in [-0.3, -0.25) is 4.79 Å². The summed E-state index contributed by atoms with van der Waals surface area (Å²) in [5.74, 6) is 1.25. The van der Waals surface area contributed by atoms with Gasteiger partial charge in [-0.15, -0.1) is 0 Å². The molecule has 1 aromatic carbocycles. The third kappa shape index (κ3) is 4.20. The Balaban J connectivity index is 1.37. The highest BCUT2D eigenvalue weighted by atomic mass is 32.1. The molecule has 0 bridgehead atoms. The van der Waals surface area contributed by atoms with Crippen molar-refractivity contribution in [2.45, 2.75) is 38.8 Å². The van der Waals surface area contributed by atoms with E-state index < -0.39 is 0 Å². The fourth-order valence-electron chi connectivity index (χ4n) is 2.78. The first-order valence-electron chi connectivity index (χ1n) is 7.97. The van der Waals surface area contributed by atoms with Gasteiger partial charge >= 0.3 is 0 Å². The van der Waals surface area contributed by atoms with Crippen LogP contribution in [0.4, 0.5) is 0 Å². The van der Waals surface area contributed by atoms with Crippen LogP contribution in [0.3, 0.4) is 0 Å². The second-order valence-corrected chi connectivity index (χ2v) is 6.99. The largest absolute Gasteiger partial charge is 0.476 e. The standard InChI is InChI=1S/C17H22N2O3S/c1-11(18-12(2)20)9-21-14-7-13(8-14)10-22-17-15-5-3-4-6-16(15)23-19-17/h3-6,11,13-14H,7-10H2,1-2H3,(H,18,20)/t11-,13-,14-/m0/s1. The van der Waals surface area contributed by atoms with Gasteiger partial charge in [0.25, 0.3) is 0 Å². The lowest BCUT2D eigenvalue weighted by molar-refractivity contribution is -0.120. The second kappa shape index (κ2) is 7.27. The Hall–Kier alpha value is -1.66. The van der Waals surface area contributed by atoms with Crippen LogP contribution in [0.15, 0.2) is 24.3 Å². The van der Waals surface area contributed by atoms with Crippen molar-refractivity contribution in [3.63, 3.8) is 0 Å². The third-order valence-corrected chi connectivity index (χ3v) is 4.83. The van der Waals surface area contributed by atoms with Crippen molar-refractivity contribution >= 4 is 27.5 Å².